The van der Waals surface area contributed by atoms with E-state index in [-0.39, 0.29) is 24.0 Å². The largest absolute Gasteiger partial charge is 0.393 e. The van der Waals surface area contributed by atoms with Gasteiger partial charge in [0.1, 0.15) is 0 Å². The maximum Gasteiger partial charge on any atom is 0.225 e. The van der Waals surface area contributed by atoms with Crippen molar-refractivity contribution in [1.29, 1.82) is 0 Å². The number of carbonyl (C=O) groups is 1. The molecule has 2 unspecified atom stereocenters. The fourth-order valence-corrected chi connectivity index (χ4v) is 2.59. The molecule has 2 aliphatic rings. The van der Waals surface area contributed by atoms with Gasteiger partial charge < -0.3 is 15.7 Å². The number of nitrogens with two attached hydrogens (primary N) is 1. The summed E-state index contributed by atoms with van der Waals surface area (Å²) in [6.45, 7) is 1.43. The van der Waals surface area contributed by atoms with E-state index in [0.29, 0.717) is 13.1 Å². The Balaban J connectivity index is 1.85. The van der Waals surface area contributed by atoms with Gasteiger partial charge in [-0.3, -0.25) is 4.79 Å². The van der Waals surface area contributed by atoms with Crippen molar-refractivity contribution < 1.29 is 9.90 Å². The van der Waals surface area contributed by atoms with Gasteiger partial charge in [-0.1, -0.05) is 0 Å². The van der Waals surface area contributed by atoms with E-state index < -0.39 is 0 Å². The van der Waals surface area contributed by atoms with Crippen molar-refractivity contribution in [2.45, 2.75) is 44.2 Å². The molecular formula is C11H20N2O2. The normalized spacial score (nSPS) is 33.3. The highest BCUT2D eigenvalue weighted by atomic mass is 16.3. The van der Waals surface area contributed by atoms with Crippen LogP contribution < -0.4 is 5.73 Å². The highest BCUT2D eigenvalue weighted by molar-refractivity contribution is 5.79. The Morgan fingerprint density at radius 1 is 1.20 bits per heavy atom. The third-order valence-corrected chi connectivity index (χ3v) is 3.60. The lowest BCUT2D eigenvalue weighted by atomic mass is 10.0. The maximum absolute atomic E-state index is 12.0. The molecule has 1 saturated carbocycles. The number of aliphatic hydroxyl groups excluding tert-OH is 1. The van der Waals surface area contributed by atoms with Crippen LogP contribution in [-0.2, 0) is 4.79 Å². The van der Waals surface area contributed by atoms with Crippen LogP contribution in [0.1, 0.15) is 32.1 Å². The van der Waals surface area contributed by atoms with E-state index in [9.17, 15) is 9.90 Å². The second-order valence-electron chi connectivity index (χ2n) is 4.83. The van der Waals surface area contributed by atoms with Crippen LogP contribution in [-0.4, -0.2) is 41.1 Å². The monoisotopic (exact) mass is 212 g/mol. The van der Waals surface area contributed by atoms with Crippen molar-refractivity contribution >= 4 is 5.91 Å². The molecule has 1 amide bonds. The van der Waals surface area contributed by atoms with E-state index >= 15 is 0 Å². The molecule has 15 heavy (non-hydrogen) atoms. The van der Waals surface area contributed by atoms with E-state index in [1.165, 1.54) is 0 Å². The molecule has 0 aromatic heterocycles. The van der Waals surface area contributed by atoms with Crippen LogP contribution in [0.25, 0.3) is 0 Å². The molecule has 4 nitrogen and oxygen atoms in total. The predicted molar refractivity (Wildman–Crippen MR) is 57.1 cm³/mol. The Morgan fingerprint density at radius 2 is 1.87 bits per heavy atom. The predicted octanol–water partition coefficient (Wildman–Crippen LogP) is 0.0971. The van der Waals surface area contributed by atoms with Crippen molar-refractivity contribution in [3.05, 3.63) is 0 Å². The van der Waals surface area contributed by atoms with E-state index in [4.69, 9.17) is 5.73 Å². The van der Waals surface area contributed by atoms with E-state index in [0.717, 1.165) is 32.1 Å². The molecule has 2 rings (SSSR count). The summed E-state index contributed by atoms with van der Waals surface area (Å²) in [5.74, 6) is 0.407. The van der Waals surface area contributed by atoms with Gasteiger partial charge in [0.05, 0.1) is 6.10 Å². The average Bonchev–Trinajstić information content (AvgIpc) is 2.65. The molecule has 0 aromatic rings. The van der Waals surface area contributed by atoms with Crippen LogP contribution in [0, 0.1) is 5.92 Å². The topological polar surface area (TPSA) is 66.6 Å². The SMILES string of the molecule is NC1CCC(C(=O)N2CCC(O)CC2)C1. The van der Waals surface area contributed by atoms with Crippen LogP contribution in [0.2, 0.25) is 0 Å². The van der Waals surface area contributed by atoms with Crippen molar-refractivity contribution in [3.63, 3.8) is 0 Å². The third kappa shape index (κ3) is 2.49. The molecular weight excluding hydrogens is 192 g/mol. The van der Waals surface area contributed by atoms with E-state index in [2.05, 4.69) is 0 Å². The number of piperidine rings is 1. The summed E-state index contributed by atoms with van der Waals surface area (Å²) >= 11 is 0. The molecule has 2 fully saturated rings. The molecule has 4 heteroatoms. The second-order valence-corrected chi connectivity index (χ2v) is 4.83. The minimum atomic E-state index is -0.208. The molecule has 0 radical (unpaired) electrons. The van der Waals surface area contributed by atoms with Crippen molar-refractivity contribution in [3.8, 4) is 0 Å². The number of carbonyl (C=O) groups excluding carboxylic acids is 1. The number of nitrogens with zero attached hydrogens (tertiary/aromatic N) is 1. The third-order valence-electron chi connectivity index (χ3n) is 3.60. The first-order chi connectivity index (χ1) is 7.16. The van der Waals surface area contributed by atoms with Crippen LogP contribution in [0.3, 0.4) is 0 Å². The van der Waals surface area contributed by atoms with Gasteiger partial charge in [0.25, 0.3) is 0 Å². The van der Waals surface area contributed by atoms with Gasteiger partial charge in [0.2, 0.25) is 5.91 Å². The summed E-state index contributed by atoms with van der Waals surface area (Å²) in [4.78, 5) is 13.9. The molecule has 2 atom stereocenters. The summed E-state index contributed by atoms with van der Waals surface area (Å²) in [6, 6.07) is 0.217. The number of hydrogen-bond donors (Lipinski definition) is 2. The van der Waals surface area contributed by atoms with Crippen LogP contribution in [0.15, 0.2) is 0 Å². The van der Waals surface area contributed by atoms with Gasteiger partial charge >= 0.3 is 0 Å². The Kier molecular flexibility index (Phi) is 3.26. The number of aliphatic hydroxyl groups is 1. The average molecular weight is 212 g/mol. The van der Waals surface area contributed by atoms with E-state index in [1.54, 1.807) is 0 Å². The van der Waals surface area contributed by atoms with E-state index in [1.807, 2.05) is 4.90 Å². The summed E-state index contributed by atoms with van der Waals surface area (Å²) in [5.41, 5.74) is 5.80. The van der Waals surface area contributed by atoms with Gasteiger partial charge in [-0.05, 0) is 32.1 Å². The summed E-state index contributed by atoms with van der Waals surface area (Å²) in [7, 11) is 0. The van der Waals surface area contributed by atoms with Crippen molar-refractivity contribution in [1.82, 2.24) is 4.90 Å². The van der Waals surface area contributed by atoms with Gasteiger partial charge in [0.15, 0.2) is 0 Å². The Morgan fingerprint density at radius 3 is 2.40 bits per heavy atom. The van der Waals surface area contributed by atoms with Gasteiger partial charge in [-0.15, -0.1) is 0 Å². The molecule has 1 heterocycles. The highest BCUT2D eigenvalue weighted by Gasteiger charge is 2.32. The summed E-state index contributed by atoms with van der Waals surface area (Å²) in [5, 5.41) is 9.36. The minimum Gasteiger partial charge on any atom is -0.393 e. The van der Waals surface area contributed by atoms with Gasteiger partial charge in [-0.25, -0.2) is 0 Å². The molecule has 0 spiro atoms. The lowest BCUT2D eigenvalue weighted by molar-refractivity contribution is -0.137. The Bertz CT molecular complexity index is 237. The molecule has 0 bridgehead atoms. The molecule has 1 saturated heterocycles. The van der Waals surface area contributed by atoms with Gasteiger partial charge in [0, 0.05) is 25.0 Å². The van der Waals surface area contributed by atoms with Gasteiger partial charge in [-0.2, -0.15) is 0 Å². The lowest BCUT2D eigenvalue weighted by Crippen LogP contribution is -2.42. The first-order valence-corrected chi connectivity index (χ1v) is 5.89. The summed E-state index contributed by atoms with van der Waals surface area (Å²) < 4.78 is 0. The highest BCUT2D eigenvalue weighted by Crippen LogP contribution is 2.27. The zero-order valence-electron chi connectivity index (χ0n) is 9.06. The number of likely N-dealkylation sites (tertiary alicyclic amines) is 1. The molecule has 0 aromatic carbocycles. The zero-order valence-corrected chi connectivity index (χ0v) is 9.06. The summed E-state index contributed by atoms with van der Waals surface area (Å²) in [6.07, 6.45) is 4.01. The van der Waals surface area contributed by atoms with Crippen molar-refractivity contribution in [2.24, 2.45) is 11.7 Å². The van der Waals surface area contributed by atoms with Crippen LogP contribution >= 0.6 is 0 Å². The Hall–Kier alpha value is -0.610. The molecule has 3 N–H and O–H groups in total. The first kappa shape index (κ1) is 10.9. The van der Waals surface area contributed by atoms with Crippen molar-refractivity contribution in [2.75, 3.05) is 13.1 Å². The Labute approximate surface area is 90.4 Å². The minimum absolute atomic E-state index is 0.148. The molecule has 1 aliphatic heterocycles. The standard InChI is InChI=1S/C11H20N2O2/c12-9-2-1-8(7-9)11(15)13-5-3-10(14)4-6-13/h8-10,14H,1-7,12H2. The number of rotatable bonds is 1. The second kappa shape index (κ2) is 4.49. The quantitative estimate of drug-likeness (QED) is 0.647. The smallest absolute Gasteiger partial charge is 0.225 e. The van der Waals surface area contributed by atoms with Crippen LogP contribution in [0.4, 0.5) is 0 Å². The number of hydrogen-bond acceptors (Lipinski definition) is 3. The number of amides is 1. The molecule has 1 aliphatic carbocycles. The van der Waals surface area contributed by atoms with Crippen LogP contribution in [0.5, 0.6) is 0 Å². The lowest BCUT2D eigenvalue weighted by Gasteiger charge is -2.31. The molecule has 86 valence electrons. The maximum atomic E-state index is 12.0. The first-order valence-electron chi connectivity index (χ1n) is 5.89. The fourth-order valence-electron chi connectivity index (χ4n) is 2.59. The fraction of sp³-hybridized carbons (Fsp3) is 0.909. The zero-order chi connectivity index (χ0) is 10.8.